The Labute approximate surface area is 220 Å². The summed E-state index contributed by atoms with van der Waals surface area (Å²) in [5.41, 5.74) is 1.51. The molecule has 2 aromatic rings. The van der Waals surface area contributed by atoms with Gasteiger partial charge >= 0.3 is 5.97 Å². The zero-order valence-corrected chi connectivity index (χ0v) is 22.0. The van der Waals surface area contributed by atoms with E-state index in [2.05, 4.69) is 16.9 Å². The average Bonchev–Trinajstić information content (AvgIpc) is 3.64. The molecule has 2 amide bonds. The second-order valence-corrected chi connectivity index (χ2v) is 11.5. The van der Waals surface area contributed by atoms with E-state index in [-0.39, 0.29) is 49.5 Å². The Morgan fingerprint density at radius 1 is 1.38 bits per heavy atom. The smallest absolute Gasteiger partial charge is 0.310 e. The van der Waals surface area contributed by atoms with E-state index >= 15 is 0 Å². The van der Waals surface area contributed by atoms with E-state index in [4.69, 9.17) is 4.74 Å². The van der Waals surface area contributed by atoms with Gasteiger partial charge in [-0.1, -0.05) is 30.3 Å². The molecule has 4 heterocycles. The number of hydrogen-bond acceptors (Lipinski definition) is 8. The van der Waals surface area contributed by atoms with Crippen LogP contribution in [-0.2, 0) is 25.8 Å². The summed E-state index contributed by atoms with van der Waals surface area (Å²) in [6, 6.07) is 6.18. The summed E-state index contributed by atoms with van der Waals surface area (Å²) in [5.74, 6) is -2.09. The Hall–Kier alpha value is -2.92. The number of carbonyl (C=O) groups excluding carboxylic acids is 3. The number of ether oxygens (including phenoxy) is 1. The van der Waals surface area contributed by atoms with Gasteiger partial charge in [-0.25, -0.2) is 4.68 Å². The first kappa shape index (κ1) is 25.7. The average molecular weight is 528 g/mol. The predicted octanol–water partition coefficient (Wildman–Crippen LogP) is 1.83. The van der Waals surface area contributed by atoms with Crippen molar-refractivity contribution in [2.24, 2.45) is 11.8 Å². The summed E-state index contributed by atoms with van der Waals surface area (Å²) < 4.78 is 6.29. The molecule has 6 atom stereocenters. The number of thioether (sulfide) groups is 1. The number of carbonyl (C=O) groups is 3. The molecule has 1 spiro atoms. The van der Waals surface area contributed by atoms with E-state index in [0.29, 0.717) is 12.8 Å². The summed E-state index contributed by atoms with van der Waals surface area (Å²) in [7, 11) is 0. The normalized spacial score (nSPS) is 28.9. The Bertz CT molecular complexity index is 1210. The maximum absolute atomic E-state index is 14.4. The number of benzene rings is 1. The fourth-order valence-corrected chi connectivity index (χ4v) is 8.60. The van der Waals surface area contributed by atoms with Gasteiger partial charge in [0.1, 0.15) is 18.2 Å². The second-order valence-electron chi connectivity index (χ2n) is 9.87. The first-order valence-electron chi connectivity index (χ1n) is 12.9. The zero-order chi connectivity index (χ0) is 26.3. The number of hydrogen-bond donors (Lipinski definition) is 1. The van der Waals surface area contributed by atoms with Gasteiger partial charge in [0.15, 0.2) is 0 Å². The summed E-state index contributed by atoms with van der Waals surface area (Å²) >= 11 is 1.59. The Kier molecular flexibility index (Phi) is 7.01. The molecule has 0 aliphatic carbocycles. The van der Waals surface area contributed by atoms with Crippen LogP contribution in [0.15, 0.2) is 36.9 Å². The Morgan fingerprint density at radius 2 is 2.16 bits per heavy atom. The van der Waals surface area contributed by atoms with Crippen LogP contribution in [0, 0.1) is 11.8 Å². The van der Waals surface area contributed by atoms with Crippen LogP contribution in [-0.4, -0.2) is 89.5 Å². The minimum absolute atomic E-state index is 0.0632. The van der Waals surface area contributed by atoms with Crippen LogP contribution in [0.25, 0.3) is 11.0 Å². The van der Waals surface area contributed by atoms with Gasteiger partial charge in [-0.2, -0.15) is 0 Å². The minimum Gasteiger partial charge on any atom is -0.466 e. The molecule has 3 aliphatic heterocycles. The van der Waals surface area contributed by atoms with E-state index in [1.807, 2.05) is 31.2 Å². The monoisotopic (exact) mass is 527 g/mol. The van der Waals surface area contributed by atoms with Crippen molar-refractivity contribution in [3.63, 3.8) is 0 Å². The molecule has 2 bridgehead atoms. The number of likely N-dealkylation sites (tertiary alicyclic amines) is 1. The van der Waals surface area contributed by atoms with Gasteiger partial charge in [-0.3, -0.25) is 14.4 Å². The van der Waals surface area contributed by atoms with Crippen molar-refractivity contribution in [2.75, 3.05) is 19.8 Å². The molecule has 0 radical (unpaired) electrons. The van der Waals surface area contributed by atoms with Crippen molar-refractivity contribution in [1.82, 2.24) is 24.8 Å². The number of rotatable bonds is 10. The lowest BCUT2D eigenvalue weighted by atomic mass is 9.71. The lowest BCUT2D eigenvalue weighted by Crippen LogP contribution is -2.57. The van der Waals surface area contributed by atoms with E-state index < -0.39 is 28.7 Å². The summed E-state index contributed by atoms with van der Waals surface area (Å²) in [4.78, 5) is 44.6. The quantitative estimate of drug-likeness (QED) is 0.367. The fraction of sp³-hybridized carbons (Fsp3) is 0.577. The summed E-state index contributed by atoms with van der Waals surface area (Å²) in [6.07, 6.45) is 3.53. The summed E-state index contributed by atoms with van der Waals surface area (Å²) in [5, 5.41) is 18.6. The third kappa shape index (κ3) is 3.94. The van der Waals surface area contributed by atoms with Gasteiger partial charge in [-0.05, 0) is 38.3 Å². The van der Waals surface area contributed by atoms with Crippen LogP contribution < -0.4 is 0 Å². The molecule has 2 unspecified atom stereocenters. The molecule has 11 heteroatoms. The number of amides is 2. The van der Waals surface area contributed by atoms with Crippen LogP contribution in [0.2, 0.25) is 0 Å². The van der Waals surface area contributed by atoms with Crippen LogP contribution in [0.4, 0.5) is 0 Å². The molecule has 1 N–H and O–H groups in total. The third-order valence-corrected chi connectivity index (χ3v) is 9.94. The maximum Gasteiger partial charge on any atom is 0.310 e. The van der Waals surface area contributed by atoms with Crippen LogP contribution in [0.1, 0.15) is 33.1 Å². The Morgan fingerprint density at radius 3 is 2.86 bits per heavy atom. The number of aliphatic hydroxyl groups excluding tert-OH is 1. The SMILES string of the molecule is C=CCN(Cn1nnc2ccccc21)C(=O)C1N([C@@H](CC)CO)C(=O)[C@@H]2[C@H](C(=O)OCC)[C@@H]3CCC12S3. The summed E-state index contributed by atoms with van der Waals surface area (Å²) in [6.45, 7) is 7.84. The van der Waals surface area contributed by atoms with Gasteiger partial charge in [0.25, 0.3) is 0 Å². The molecule has 3 saturated heterocycles. The van der Waals surface area contributed by atoms with Gasteiger partial charge in [-0.15, -0.1) is 23.4 Å². The number of fused-ring (bicyclic) bond motifs is 2. The largest absolute Gasteiger partial charge is 0.466 e. The number of nitrogens with zero attached hydrogens (tertiary/aromatic N) is 5. The first-order valence-corrected chi connectivity index (χ1v) is 13.7. The molecular weight excluding hydrogens is 494 g/mol. The fourth-order valence-electron chi connectivity index (χ4n) is 6.41. The maximum atomic E-state index is 14.4. The molecule has 5 rings (SSSR count). The number of aromatic nitrogens is 3. The van der Waals surface area contributed by atoms with Gasteiger partial charge in [0.2, 0.25) is 11.8 Å². The molecule has 198 valence electrons. The van der Waals surface area contributed by atoms with Crippen molar-refractivity contribution in [2.45, 2.75) is 61.9 Å². The highest BCUT2D eigenvalue weighted by Gasteiger charge is 2.74. The third-order valence-electron chi connectivity index (χ3n) is 7.99. The topological polar surface area (TPSA) is 118 Å². The van der Waals surface area contributed by atoms with Crippen molar-refractivity contribution in [3.05, 3.63) is 36.9 Å². The van der Waals surface area contributed by atoms with Gasteiger partial charge in [0.05, 0.1) is 41.4 Å². The predicted molar refractivity (Wildman–Crippen MR) is 138 cm³/mol. The highest BCUT2D eigenvalue weighted by atomic mass is 32.2. The molecule has 37 heavy (non-hydrogen) atoms. The molecule has 1 aromatic heterocycles. The van der Waals surface area contributed by atoms with E-state index in [1.54, 1.807) is 39.2 Å². The zero-order valence-electron chi connectivity index (χ0n) is 21.2. The highest BCUT2D eigenvalue weighted by molar-refractivity contribution is 8.02. The van der Waals surface area contributed by atoms with Crippen molar-refractivity contribution < 1.29 is 24.2 Å². The molecular formula is C26H33N5O5S. The van der Waals surface area contributed by atoms with Gasteiger partial charge < -0.3 is 19.6 Å². The van der Waals surface area contributed by atoms with E-state index in [9.17, 15) is 19.5 Å². The Balaban J connectivity index is 1.55. The number of esters is 1. The van der Waals surface area contributed by atoms with E-state index in [0.717, 1.165) is 17.5 Å². The highest BCUT2D eigenvalue weighted by Crippen LogP contribution is 2.67. The molecule has 0 saturated carbocycles. The van der Waals surface area contributed by atoms with Crippen LogP contribution in [0.5, 0.6) is 0 Å². The van der Waals surface area contributed by atoms with Crippen molar-refractivity contribution in [1.29, 1.82) is 0 Å². The number of aliphatic hydroxyl groups is 1. The van der Waals surface area contributed by atoms with Crippen LogP contribution >= 0.6 is 11.8 Å². The standard InChI is InChI=1S/C26H33N5O5S/c1-4-13-29(15-30-18-10-8-7-9-17(18)27-28-30)24(34)22-26-12-11-19(37-26)20(25(35)36-6-3)21(26)23(33)31(22)16(5-2)14-32/h4,7-10,16,19-22,32H,1,5-6,11-15H2,2-3H3/t16-,19-,20+,21-,22?,26?/m0/s1. The molecule has 3 aliphatic rings. The lowest BCUT2D eigenvalue weighted by Gasteiger charge is -2.39. The lowest BCUT2D eigenvalue weighted by molar-refractivity contribution is -0.154. The van der Waals surface area contributed by atoms with E-state index in [1.165, 1.54) is 0 Å². The minimum atomic E-state index is -0.814. The van der Waals surface area contributed by atoms with Gasteiger partial charge in [0, 0.05) is 11.8 Å². The van der Waals surface area contributed by atoms with Crippen LogP contribution in [0.3, 0.4) is 0 Å². The molecule has 10 nitrogen and oxygen atoms in total. The molecule has 1 aromatic carbocycles. The second kappa shape index (κ2) is 10.1. The number of para-hydroxylation sites is 1. The first-order chi connectivity index (χ1) is 17.9. The van der Waals surface area contributed by atoms with Crippen molar-refractivity contribution in [3.8, 4) is 0 Å². The molecule has 3 fully saturated rings. The van der Waals surface area contributed by atoms with Crippen molar-refractivity contribution >= 4 is 40.6 Å².